The van der Waals surface area contributed by atoms with Crippen molar-refractivity contribution in [3.05, 3.63) is 41.7 Å². The standard InChI is InChI=1S/C19H27N3O2/c1-13(2)7-16(19(23)24)10-20-9-15-6-5-14(3)8-18(15)17-11-21-22(4)12-17/h5-6,8,11-13,16,20H,7,9-10H2,1-4H3,(H,23,24). The third-order valence-electron chi connectivity index (χ3n) is 4.09. The van der Waals surface area contributed by atoms with E-state index in [9.17, 15) is 9.90 Å². The Bertz CT molecular complexity index is 692. The second kappa shape index (κ2) is 8.11. The van der Waals surface area contributed by atoms with E-state index in [-0.39, 0.29) is 5.92 Å². The summed E-state index contributed by atoms with van der Waals surface area (Å²) in [5, 5.41) is 16.9. The maximum Gasteiger partial charge on any atom is 0.307 e. The first-order chi connectivity index (χ1) is 11.4. The summed E-state index contributed by atoms with van der Waals surface area (Å²) in [4.78, 5) is 11.4. The Morgan fingerprint density at radius 2 is 2.12 bits per heavy atom. The molecule has 5 heteroatoms. The first-order valence-corrected chi connectivity index (χ1v) is 8.39. The summed E-state index contributed by atoms with van der Waals surface area (Å²) in [5.41, 5.74) is 4.57. The van der Waals surface area contributed by atoms with Crippen LogP contribution in [0, 0.1) is 18.8 Å². The highest BCUT2D eigenvalue weighted by Gasteiger charge is 2.18. The van der Waals surface area contributed by atoms with Crippen LogP contribution in [0.1, 0.15) is 31.4 Å². The van der Waals surface area contributed by atoms with Crippen LogP contribution in [0.3, 0.4) is 0 Å². The molecule has 0 aliphatic carbocycles. The fourth-order valence-electron chi connectivity index (χ4n) is 2.90. The minimum absolute atomic E-state index is 0.350. The van der Waals surface area contributed by atoms with Gasteiger partial charge in [0, 0.05) is 31.9 Å². The van der Waals surface area contributed by atoms with E-state index < -0.39 is 5.97 Å². The fraction of sp³-hybridized carbons (Fsp3) is 0.474. The van der Waals surface area contributed by atoms with Gasteiger partial charge >= 0.3 is 5.97 Å². The maximum absolute atomic E-state index is 11.4. The molecule has 2 aromatic rings. The van der Waals surface area contributed by atoms with Gasteiger partial charge in [0.25, 0.3) is 0 Å². The third kappa shape index (κ3) is 4.93. The normalized spacial score (nSPS) is 12.5. The van der Waals surface area contributed by atoms with Crippen LogP contribution in [-0.2, 0) is 18.4 Å². The lowest BCUT2D eigenvalue weighted by Crippen LogP contribution is -2.29. The summed E-state index contributed by atoms with van der Waals surface area (Å²) in [6.45, 7) is 7.30. The highest BCUT2D eigenvalue weighted by Crippen LogP contribution is 2.24. The van der Waals surface area contributed by atoms with E-state index in [1.54, 1.807) is 4.68 Å². The summed E-state index contributed by atoms with van der Waals surface area (Å²) >= 11 is 0. The monoisotopic (exact) mass is 329 g/mol. The van der Waals surface area contributed by atoms with Crippen LogP contribution in [-0.4, -0.2) is 27.4 Å². The number of nitrogens with one attached hydrogen (secondary N) is 1. The second-order valence-corrected chi connectivity index (χ2v) is 6.86. The van der Waals surface area contributed by atoms with E-state index >= 15 is 0 Å². The lowest BCUT2D eigenvalue weighted by Gasteiger charge is -2.16. The molecule has 0 amide bonds. The van der Waals surface area contributed by atoms with Crippen LogP contribution >= 0.6 is 0 Å². The van der Waals surface area contributed by atoms with Gasteiger partial charge in [0.1, 0.15) is 0 Å². The Kier molecular flexibility index (Phi) is 6.15. The molecule has 0 spiro atoms. The number of carbonyl (C=O) groups is 1. The number of nitrogens with zero attached hydrogens (tertiary/aromatic N) is 2. The van der Waals surface area contributed by atoms with Gasteiger partial charge in [-0.05, 0) is 30.4 Å². The molecule has 0 saturated heterocycles. The van der Waals surface area contributed by atoms with Crippen LogP contribution in [0.25, 0.3) is 11.1 Å². The number of benzene rings is 1. The van der Waals surface area contributed by atoms with E-state index in [0.717, 1.165) is 16.7 Å². The molecule has 1 unspecified atom stereocenters. The lowest BCUT2D eigenvalue weighted by molar-refractivity contribution is -0.142. The molecule has 24 heavy (non-hydrogen) atoms. The fourth-order valence-corrected chi connectivity index (χ4v) is 2.90. The van der Waals surface area contributed by atoms with E-state index in [1.807, 2.05) is 19.4 Å². The van der Waals surface area contributed by atoms with Gasteiger partial charge in [0.15, 0.2) is 0 Å². The van der Waals surface area contributed by atoms with E-state index in [0.29, 0.717) is 25.4 Å². The van der Waals surface area contributed by atoms with Crippen LogP contribution in [0.4, 0.5) is 0 Å². The van der Waals surface area contributed by atoms with E-state index in [1.165, 1.54) is 5.56 Å². The SMILES string of the molecule is Cc1ccc(CNCC(CC(C)C)C(=O)O)c(-c2cnn(C)c2)c1. The summed E-state index contributed by atoms with van der Waals surface area (Å²) < 4.78 is 1.79. The molecule has 0 aliphatic rings. The van der Waals surface area contributed by atoms with Crippen LogP contribution in [0.5, 0.6) is 0 Å². The van der Waals surface area contributed by atoms with Crippen molar-refractivity contribution in [3.63, 3.8) is 0 Å². The Morgan fingerprint density at radius 3 is 2.71 bits per heavy atom. The highest BCUT2D eigenvalue weighted by atomic mass is 16.4. The van der Waals surface area contributed by atoms with Crippen molar-refractivity contribution in [2.45, 2.75) is 33.7 Å². The Morgan fingerprint density at radius 1 is 1.38 bits per heavy atom. The summed E-state index contributed by atoms with van der Waals surface area (Å²) in [6.07, 6.45) is 4.54. The van der Waals surface area contributed by atoms with Crippen LogP contribution in [0.15, 0.2) is 30.6 Å². The molecule has 2 rings (SSSR count). The summed E-state index contributed by atoms with van der Waals surface area (Å²) in [5.74, 6) is -0.705. The van der Waals surface area contributed by atoms with Gasteiger partial charge in [-0.15, -0.1) is 0 Å². The molecule has 1 atom stereocenters. The second-order valence-electron chi connectivity index (χ2n) is 6.86. The van der Waals surface area contributed by atoms with Crippen molar-refractivity contribution in [1.29, 1.82) is 0 Å². The largest absolute Gasteiger partial charge is 0.481 e. The molecular formula is C19H27N3O2. The number of aryl methyl sites for hydroxylation is 2. The van der Waals surface area contributed by atoms with Gasteiger partial charge < -0.3 is 10.4 Å². The minimum Gasteiger partial charge on any atom is -0.481 e. The number of aromatic nitrogens is 2. The Balaban J connectivity index is 2.08. The number of carboxylic acids is 1. The molecular weight excluding hydrogens is 302 g/mol. The average molecular weight is 329 g/mol. The predicted octanol–water partition coefficient (Wildman–Crippen LogP) is 3.23. The van der Waals surface area contributed by atoms with Crippen molar-refractivity contribution in [3.8, 4) is 11.1 Å². The zero-order chi connectivity index (χ0) is 17.7. The van der Waals surface area contributed by atoms with Gasteiger partial charge in [-0.1, -0.05) is 37.6 Å². The summed E-state index contributed by atoms with van der Waals surface area (Å²) in [7, 11) is 1.90. The van der Waals surface area contributed by atoms with Gasteiger partial charge in [0.05, 0.1) is 12.1 Å². The number of rotatable bonds is 8. The molecule has 0 radical (unpaired) electrons. The average Bonchev–Trinajstić information content (AvgIpc) is 2.93. The predicted molar refractivity (Wildman–Crippen MR) is 95.7 cm³/mol. The topological polar surface area (TPSA) is 67.2 Å². The van der Waals surface area contributed by atoms with Crippen molar-refractivity contribution in [1.82, 2.24) is 15.1 Å². The number of carboxylic acid groups (broad SMARTS) is 1. The maximum atomic E-state index is 11.4. The molecule has 0 saturated carbocycles. The molecule has 2 N–H and O–H groups in total. The zero-order valence-corrected chi connectivity index (χ0v) is 14.9. The first kappa shape index (κ1) is 18.2. The van der Waals surface area contributed by atoms with Crippen molar-refractivity contribution < 1.29 is 9.90 Å². The van der Waals surface area contributed by atoms with Gasteiger partial charge in [-0.3, -0.25) is 9.48 Å². The van der Waals surface area contributed by atoms with Gasteiger partial charge in [0.2, 0.25) is 0 Å². The quantitative estimate of drug-likeness (QED) is 0.780. The zero-order valence-electron chi connectivity index (χ0n) is 14.9. The molecule has 0 bridgehead atoms. The molecule has 1 aromatic heterocycles. The van der Waals surface area contributed by atoms with Gasteiger partial charge in [-0.25, -0.2) is 0 Å². The number of aliphatic carboxylic acids is 1. The molecule has 1 heterocycles. The van der Waals surface area contributed by atoms with Crippen molar-refractivity contribution >= 4 is 5.97 Å². The number of hydrogen-bond acceptors (Lipinski definition) is 3. The lowest BCUT2D eigenvalue weighted by atomic mass is 9.96. The molecule has 0 fully saturated rings. The van der Waals surface area contributed by atoms with E-state index in [2.05, 4.69) is 49.4 Å². The van der Waals surface area contributed by atoms with Gasteiger partial charge in [-0.2, -0.15) is 5.10 Å². The van der Waals surface area contributed by atoms with Crippen molar-refractivity contribution in [2.24, 2.45) is 18.9 Å². The smallest absolute Gasteiger partial charge is 0.307 e. The third-order valence-corrected chi connectivity index (χ3v) is 4.09. The minimum atomic E-state index is -0.729. The van der Waals surface area contributed by atoms with Crippen molar-refractivity contribution in [2.75, 3.05) is 6.54 Å². The highest BCUT2D eigenvalue weighted by molar-refractivity contribution is 5.70. The van der Waals surface area contributed by atoms with Crippen LogP contribution in [0.2, 0.25) is 0 Å². The first-order valence-electron chi connectivity index (χ1n) is 8.39. The van der Waals surface area contributed by atoms with Crippen LogP contribution < -0.4 is 5.32 Å². The molecule has 1 aromatic carbocycles. The molecule has 0 aliphatic heterocycles. The van der Waals surface area contributed by atoms with E-state index in [4.69, 9.17) is 0 Å². The Labute approximate surface area is 143 Å². The molecule has 130 valence electrons. The Hall–Kier alpha value is -2.14. The molecule has 5 nitrogen and oxygen atoms in total. The number of hydrogen-bond donors (Lipinski definition) is 2. The summed E-state index contributed by atoms with van der Waals surface area (Å²) in [6, 6.07) is 6.33.